The maximum Gasteiger partial charge on any atom is 0.322 e. The molecule has 1 fully saturated rings. The zero-order chi connectivity index (χ0) is 29.8. The summed E-state index contributed by atoms with van der Waals surface area (Å²) in [5, 5.41) is 22.1. The molecule has 9 rings (SSSR count). The highest BCUT2D eigenvalue weighted by molar-refractivity contribution is 5.96. The topological polar surface area (TPSA) is 142 Å². The fraction of sp³-hybridized carbons (Fsp3) is 0.406. The number of benzene rings is 1. The first kappa shape index (κ1) is 27.7. The summed E-state index contributed by atoms with van der Waals surface area (Å²) in [6, 6.07) is 6.47. The van der Waals surface area contributed by atoms with Gasteiger partial charge in [0.2, 0.25) is 0 Å². The Bertz CT molecular complexity index is 1560. The molecule has 0 saturated carbocycles. The van der Waals surface area contributed by atoms with E-state index in [9.17, 15) is 19.5 Å². The van der Waals surface area contributed by atoms with Crippen LogP contribution in [0.4, 0.5) is 5.69 Å². The number of aromatic hydroxyl groups is 1. The first-order valence-electron chi connectivity index (χ1n) is 14.3. The van der Waals surface area contributed by atoms with Crippen LogP contribution in [0.25, 0.3) is 0 Å². The lowest BCUT2D eigenvalue weighted by molar-refractivity contribution is -0.142. The number of nitrogens with zero attached hydrogens (tertiary/aromatic N) is 3. The maximum atomic E-state index is 13.0. The molecule has 1 amide bonds. The molecule has 0 spiro atoms. The number of carboxylic acid groups (broad SMARTS) is 1. The summed E-state index contributed by atoms with van der Waals surface area (Å²) in [5.74, 6) is -2.34. The fourth-order valence-corrected chi connectivity index (χ4v) is 7.57. The molecule has 2 unspecified atom stereocenters. The number of fused-ring (bicyclic) bond motifs is 2. The van der Waals surface area contributed by atoms with Crippen molar-refractivity contribution in [3.05, 3.63) is 82.0 Å². The number of aryl methyl sites for hydroxylation is 1. The minimum Gasteiger partial charge on any atom is -0.504 e. The number of nitrogens with one attached hydrogen (secondary N) is 1. The van der Waals surface area contributed by atoms with Gasteiger partial charge in [0.05, 0.1) is 5.69 Å². The van der Waals surface area contributed by atoms with Gasteiger partial charge >= 0.3 is 11.9 Å². The molecule has 2 aliphatic carbocycles. The van der Waals surface area contributed by atoms with Crippen molar-refractivity contribution in [1.82, 2.24) is 15.3 Å². The second kappa shape index (κ2) is 10.4. The van der Waals surface area contributed by atoms with Crippen LogP contribution >= 0.6 is 0 Å². The van der Waals surface area contributed by atoms with E-state index in [1.165, 1.54) is 18.1 Å². The lowest BCUT2D eigenvalue weighted by Gasteiger charge is -2.51. The van der Waals surface area contributed by atoms with E-state index >= 15 is 0 Å². The van der Waals surface area contributed by atoms with Gasteiger partial charge in [-0.2, -0.15) is 0 Å². The van der Waals surface area contributed by atoms with Gasteiger partial charge in [0.15, 0.2) is 11.4 Å². The number of ether oxygens (including phenoxy) is 1. The fourth-order valence-electron chi connectivity index (χ4n) is 7.57. The van der Waals surface area contributed by atoms with E-state index in [-0.39, 0.29) is 47.5 Å². The van der Waals surface area contributed by atoms with Gasteiger partial charge < -0.3 is 25.2 Å². The smallest absolute Gasteiger partial charge is 0.322 e. The zero-order valence-electron chi connectivity index (χ0n) is 23.9. The molecule has 3 N–H and O–H groups in total. The van der Waals surface area contributed by atoms with Crippen molar-refractivity contribution >= 4 is 23.5 Å². The number of carboxylic acids is 1. The number of carbonyl (C=O) groups is 3. The molecule has 2 aromatic rings. The van der Waals surface area contributed by atoms with Crippen LogP contribution in [-0.4, -0.2) is 57.7 Å². The number of esters is 1. The Morgan fingerprint density at radius 2 is 1.83 bits per heavy atom. The Morgan fingerprint density at radius 3 is 2.45 bits per heavy atom. The number of anilines is 1. The van der Waals surface area contributed by atoms with E-state index < -0.39 is 23.8 Å². The number of rotatable bonds is 8. The van der Waals surface area contributed by atoms with Gasteiger partial charge in [-0.15, -0.1) is 0 Å². The van der Waals surface area contributed by atoms with Crippen LogP contribution in [0.2, 0.25) is 0 Å². The molecule has 0 radical (unpaired) electrons. The first-order valence-corrected chi connectivity index (χ1v) is 14.3. The van der Waals surface area contributed by atoms with Gasteiger partial charge in [-0.25, -0.2) is 9.97 Å². The Kier molecular flexibility index (Phi) is 6.87. The zero-order valence-corrected chi connectivity index (χ0v) is 23.9. The van der Waals surface area contributed by atoms with Crippen molar-refractivity contribution in [3.63, 3.8) is 0 Å². The maximum absolute atomic E-state index is 13.0. The summed E-state index contributed by atoms with van der Waals surface area (Å²) in [7, 11) is 0. The number of hydrogen-bond donors (Lipinski definition) is 3. The van der Waals surface area contributed by atoms with Gasteiger partial charge in [-0.3, -0.25) is 14.4 Å². The van der Waals surface area contributed by atoms with E-state index in [2.05, 4.69) is 64.6 Å². The van der Waals surface area contributed by atoms with E-state index in [1.807, 2.05) is 0 Å². The third-order valence-corrected chi connectivity index (χ3v) is 9.40. The summed E-state index contributed by atoms with van der Waals surface area (Å²) >= 11 is 0. The third-order valence-electron chi connectivity index (χ3n) is 9.40. The number of carbonyl (C=O) groups excluding carboxylic acids is 2. The Balaban J connectivity index is 1.55. The van der Waals surface area contributed by atoms with Crippen molar-refractivity contribution in [2.24, 2.45) is 11.8 Å². The molecule has 10 heteroatoms. The molecule has 1 saturated heterocycles. The summed E-state index contributed by atoms with van der Waals surface area (Å²) in [4.78, 5) is 47.6. The van der Waals surface area contributed by atoms with Crippen LogP contribution < -0.4 is 10.2 Å². The monoisotopic (exact) mass is 570 g/mol. The molecular formula is C32H34N4O6. The highest BCUT2D eigenvalue weighted by Gasteiger charge is 2.56. The number of aliphatic carboxylic acids is 1. The van der Waals surface area contributed by atoms with Crippen LogP contribution in [0.3, 0.4) is 0 Å². The summed E-state index contributed by atoms with van der Waals surface area (Å²) in [5.41, 5.74) is 5.00. The van der Waals surface area contributed by atoms with Crippen molar-refractivity contribution < 1.29 is 29.3 Å². The molecule has 42 heavy (non-hydrogen) atoms. The molecule has 1 aromatic carbocycles. The second-order valence-electron chi connectivity index (χ2n) is 11.6. The van der Waals surface area contributed by atoms with Gasteiger partial charge in [0, 0.05) is 48.5 Å². The largest absolute Gasteiger partial charge is 0.504 e. The average Bonchev–Trinajstić information content (AvgIpc) is 3.61. The highest BCUT2D eigenvalue weighted by atomic mass is 16.5. The molecule has 5 aliphatic heterocycles. The molecule has 1 aromatic heterocycles. The van der Waals surface area contributed by atoms with E-state index in [1.54, 1.807) is 6.92 Å². The van der Waals surface area contributed by atoms with Gasteiger partial charge in [0.1, 0.15) is 19.0 Å². The Morgan fingerprint density at radius 1 is 1.14 bits per heavy atom. The number of amides is 1. The predicted octanol–water partition coefficient (Wildman–Crippen LogP) is 3.69. The SMILES string of the molecule is CC(=O)OCc1cc2ccc1N1CCC(CC1)C2(C1C2=CC=C1C=C2)C(C)c1nc(C)c(O)c(C(=O)NCC(=O)O)n1. The molecule has 2 atom stereocenters. The minimum atomic E-state index is -1.20. The third kappa shape index (κ3) is 4.36. The van der Waals surface area contributed by atoms with Crippen LogP contribution in [-0.2, 0) is 26.3 Å². The molecular weight excluding hydrogens is 536 g/mol. The van der Waals surface area contributed by atoms with E-state index in [4.69, 9.17) is 14.8 Å². The average molecular weight is 571 g/mol. The number of piperidine rings is 1. The quantitative estimate of drug-likeness (QED) is 0.405. The molecule has 7 aliphatic rings. The normalized spacial score (nSPS) is 22.7. The van der Waals surface area contributed by atoms with Crippen molar-refractivity contribution in [3.8, 4) is 5.75 Å². The summed E-state index contributed by atoms with van der Waals surface area (Å²) in [6.07, 6.45) is 10.5. The minimum absolute atomic E-state index is 0.0246. The second-order valence-corrected chi connectivity index (χ2v) is 11.6. The van der Waals surface area contributed by atoms with Crippen LogP contribution in [0.15, 0.2) is 53.6 Å². The van der Waals surface area contributed by atoms with E-state index in [0.717, 1.165) is 42.7 Å². The van der Waals surface area contributed by atoms with Crippen LogP contribution in [0.1, 0.15) is 65.7 Å². The van der Waals surface area contributed by atoms with Crippen LogP contribution in [0, 0.1) is 18.8 Å². The Labute approximate surface area is 243 Å². The van der Waals surface area contributed by atoms with Crippen molar-refractivity contribution in [1.29, 1.82) is 0 Å². The molecule has 10 nitrogen and oxygen atoms in total. The van der Waals surface area contributed by atoms with Crippen molar-refractivity contribution in [2.75, 3.05) is 24.5 Å². The molecule has 218 valence electrons. The predicted molar refractivity (Wildman–Crippen MR) is 154 cm³/mol. The molecule has 6 heterocycles. The number of hydrogen-bond acceptors (Lipinski definition) is 8. The van der Waals surface area contributed by atoms with Gasteiger partial charge in [-0.1, -0.05) is 37.3 Å². The van der Waals surface area contributed by atoms with Crippen molar-refractivity contribution in [2.45, 2.75) is 51.6 Å². The first-order chi connectivity index (χ1) is 20.1. The number of aromatic nitrogens is 2. The molecule has 6 bridgehead atoms. The number of allylic oxidation sites excluding steroid dienone is 6. The highest BCUT2D eigenvalue weighted by Crippen LogP contribution is 2.61. The van der Waals surface area contributed by atoms with Crippen LogP contribution in [0.5, 0.6) is 5.75 Å². The van der Waals surface area contributed by atoms with Gasteiger partial charge in [0.25, 0.3) is 5.91 Å². The lowest BCUT2D eigenvalue weighted by Crippen LogP contribution is -2.50. The summed E-state index contributed by atoms with van der Waals surface area (Å²) in [6.45, 7) is 6.39. The lowest BCUT2D eigenvalue weighted by atomic mass is 9.52. The Hall–Kier alpha value is -4.47. The van der Waals surface area contributed by atoms with Gasteiger partial charge in [-0.05, 0) is 54.5 Å². The summed E-state index contributed by atoms with van der Waals surface area (Å²) < 4.78 is 5.51. The van der Waals surface area contributed by atoms with E-state index in [0.29, 0.717) is 5.82 Å². The standard InChI is InChI=1S/C32H34N4O6/c1-17(30-34-18(2)29(40)28(35-30)31(41)33-15-26(38)39)32(27-20-4-5-21(27)7-6-20)23-10-12-36(13-11-23)25-9-8-24(32)14-22(25)16-42-19(3)37/h4-9,14,17,23,27,40H,10-13,15-16H2,1-3H3,(H,33,41)(H,38,39).